The summed E-state index contributed by atoms with van der Waals surface area (Å²) in [6.45, 7) is 0. The highest BCUT2D eigenvalue weighted by Gasteiger charge is 2.26. The fourth-order valence-electron chi connectivity index (χ4n) is 3.18. The number of ether oxygens (including phenoxy) is 2. The lowest BCUT2D eigenvalue weighted by atomic mass is 10.0. The van der Waals surface area contributed by atoms with Crippen molar-refractivity contribution in [2.24, 2.45) is 0 Å². The van der Waals surface area contributed by atoms with E-state index in [4.69, 9.17) is 9.47 Å². The summed E-state index contributed by atoms with van der Waals surface area (Å²) >= 11 is 0. The molecule has 0 atom stereocenters. The first-order valence-corrected chi connectivity index (χ1v) is 6.62. The summed E-state index contributed by atoms with van der Waals surface area (Å²) in [5, 5.41) is 2.44. The number of rotatable bonds is 2. The first-order valence-electron chi connectivity index (χ1n) is 6.62. The van der Waals surface area contributed by atoms with Crippen LogP contribution in [0.2, 0.25) is 0 Å². The molecule has 4 rings (SSSR count). The highest BCUT2D eigenvalue weighted by molar-refractivity contribution is 6.17. The van der Waals surface area contributed by atoms with Gasteiger partial charge in [0, 0.05) is 10.9 Å². The maximum atomic E-state index is 5.63. The number of fused-ring (bicyclic) bond motifs is 3. The van der Waals surface area contributed by atoms with E-state index in [0.29, 0.717) is 0 Å². The van der Waals surface area contributed by atoms with Crippen LogP contribution in [0.4, 0.5) is 0 Å². The quantitative estimate of drug-likeness (QED) is 0.529. The van der Waals surface area contributed by atoms with Crippen LogP contribution in [0.15, 0.2) is 48.5 Å². The fraction of sp³-hybridized carbons (Fsp3) is 0.111. The Morgan fingerprint density at radius 2 is 1.50 bits per heavy atom. The van der Waals surface area contributed by atoms with E-state index >= 15 is 0 Å². The van der Waals surface area contributed by atoms with Crippen molar-refractivity contribution in [3.05, 3.63) is 48.5 Å². The minimum absolute atomic E-state index is 0.781. The molecular formula is C18H14O2. The summed E-state index contributed by atoms with van der Waals surface area (Å²) in [5.74, 6) is 1.60. The molecule has 0 aromatic heterocycles. The lowest BCUT2D eigenvalue weighted by Crippen LogP contribution is -1.93. The van der Waals surface area contributed by atoms with Gasteiger partial charge in [0.2, 0.25) is 0 Å². The van der Waals surface area contributed by atoms with E-state index in [1.165, 1.54) is 27.5 Å². The van der Waals surface area contributed by atoms with Crippen LogP contribution in [0.25, 0.3) is 33.0 Å². The Balaban J connectivity index is 2.25. The predicted octanol–water partition coefficient (Wildman–Crippen LogP) is 4.50. The third-order valence-corrected chi connectivity index (χ3v) is 3.99. The van der Waals surface area contributed by atoms with Gasteiger partial charge in [-0.05, 0) is 28.1 Å². The van der Waals surface area contributed by atoms with Crippen molar-refractivity contribution in [1.82, 2.24) is 0 Å². The molecule has 0 fully saturated rings. The normalized spacial score (nSPS) is 11.5. The minimum Gasteiger partial charge on any atom is -0.493 e. The Bertz CT molecular complexity index is 834. The monoisotopic (exact) mass is 262 g/mol. The molecule has 0 N–H and O–H groups in total. The standard InChI is InChI=1S/C18H14O2/c1-19-15-10-11-6-5-9-13-12-7-3-4-8-14(12)17(16(11)13)18(15)20-2/h3-10H,1-2H3. The molecule has 2 heteroatoms. The molecule has 0 saturated carbocycles. The summed E-state index contributed by atoms with van der Waals surface area (Å²) in [4.78, 5) is 0. The fourth-order valence-corrected chi connectivity index (χ4v) is 3.18. The first kappa shape index (κ1) is 11.4. The Labute approximate surface area is 117 Å². The van der Waals surface area contributed by atoms with Gasteiger partial charge >= 0.3 is 0 Å². The average Bonchev–Trinajstić information content (AvgIpc) is 2.84. The van der Waals surface area contributed by atoms with Crippen LogP contribution in [0, 0.1) is 0 Å². The molecule has 0 unspecified atom stereocenters. The van der Waals surface area contributed by atoms with E-state index in [1.54, 1.807) is 14.2 Å². The summed E-state index contributed by atoms with van der Waals surface area (Å²) in [6.07, 6.45) is 0. The summed E-state index contributed by atoms with van der Waals surface area (Å²) in [6, 6.07) is 16.9. The molecule has 0 amide bonds. The summed E-state index contributed by atoms with van der Waals surface area (Å²) in [7, 11) is 3.38. The molecule has 3 aromatic rings. The number of hydrogen-bond acceptors (Lipinski definition) is 2. The molecule has 0 saturated heterocycles. The Morgan fingerprint density at radius 3 is 2.25 bits per heavy atom. The molecule has 1 aliphatic carbocycles. The van der Waals surface area contributed by atoms with Gasteiger partial charge in [-0.3, -0.25) is 0 Å². The van der Waals surface area contributed by atoms with Gasteiger partial charge in [-0.25, -0.2) is 0 Å². The topological polar surface area (TPSA) is 18.5 Å². The predicted molar refractivity (Wildman–Crippen MR) is 81.5 cm³/mol. The summed E-state index contributed by atoms with van der Waals surface area (Å²) < 4.78 is 11.1. The lowest BCUT2D eigenvalue weighted by molar-refractivity contribution is 0.357. The number of hydrogen-bond donors (Lipinski definition) is 0. The van der Waals surface area contributed by atoms with E-state index in [9.17, 15) is 0 Å². The van der Waals surface area contributed by atoms with Gasteiger partial charge in [0.25, 0.3) is 0 Å². The second kappa shape index (κ2) is 4.01. The van der Waals surface area contributed by atoms with E-state index in [0.717, 1.165) is 17.1 Å². The minimum atomic E-state index is 0.781. The van der Waals surface area contributed by atoms with Crippen LogP contribution in [-0.2, 0) is 0 Å². The van der Waals surface area contributed by atoms with Crippen LogP contribution in [0.3, 0.4) is 0 Å². The van der Waals surface area contributed by atoms with Gasteiger partial charge in [-0.1, -0.05) is 42.5 Å². The molecule has 0 bridgehead atoms. The second-order valence-corrected chi connectivity index (χ2v) is 4.94. The van der Waals surface area contributed by atoms with Crippen LogP contribution in [0.1, 0.15) is 0 Å². The van der Waals surface area contributed by atoms with Gasteiger partial charge in [-0.15, -0.1) is 0 Å². The van der Waals surface area contributed by atoms with Crippen LogP contribution < -0.4 is 9.47 Å². The molecule has 0 heterocycles. The van der Waals surface area contributed by atoms with Crippen molar-refractivity contribution in [2.75, 3.05) is 14.2 Å². The smallest absolute Gasteiger partial charge is 0.169 e. The third kappa shape index (κ3) is 1.28. The van der Waals surface area contributed by atoms with Crippen molar-refractivity contribution < 1.29 is 9.47 Å². The van der Waals surface area contributed by atoms with Crippen molar-refractivity contribution in [3.63, 3.8) is 0 Å². The Morgan fingerprint density at radius 1 is 0.750 bits per heavy atom. The molecule has 3 aromatic carbocycles. The highest BCUT2D eigenvalue weighted by atomic mass is 16.5. The number of benzene rings is 3. The highest BCUT2D eigenvalue weighted by Crippen LogP contribution is 2.53. The molecule has 2 nitrogen and oxygen atoms in total. The van der Waals surface area contributed by atoms with Crippen LogP contribution in [-0.4, -0.2) is 14.2 Å². The van der Waals surface area contributed by atoms with Crippen LogP contribution >= 0.6 is 0 Å². The number of methoxy groups -OCH3 is 2. The second-order valence-electron chi connectivity index (χ2n) is 4.94. The van der Waals surface area contributed by atoms with Gasteiger partial charge < -0.3 is 9.47 Å². The van der Waals surface area contributed by atoms with Crippen molar-refractivity contribution in [1.29, 1.82) is 0 Å². The van der Waals surface area contributed by atoms with E-state index in [1.807, 2.05) is 6.07 Å². The summed E-state index contributed by atoms with van der Waals surface area (Å²) in [5.41, 5.74) is 4.90. The van der Waals surface area contributed by atoms with E-state index in [2.05, 4.69) is 42.5 Å². The van der Waals surface area contributed by atoms with Gasteiger partial charge in [0.05, 0.1) is 14.2 Å². The van der Waals surface area contributed by atoms with Gasteiger partial charge in [0.15, 0.2) is 11.5 Å². The zero-order chi connectivity index (χ0) is 13.7. The van der Waals surface area contributed by atoms with Crippen molar-refractivity contribution >= 4 is 10.8 Å². The van der Waals surface area contributed by atoms with Crippen molar-refractivity contribution in [2.45, 2.75) is 0 Å². The average molecular weight is 262 g/mol. The maximum Gasteiger partial charge on any atom is 0.169 e. The largest absolute Gasteiger partial charge is 0.493 e. The Kier molecular flexibility index (Phi) is 2.27. The molecule has 20 heavy (non-hydrogen) atoms. The van der Waals surface area contributed by atoms with Gasteiger partial charge in [0.1, 0.15) is 0 Å². The SMILES string of the molecule is COc1cc2cccc3c2c(c1OC)-c1ccccc1-3. The zero-order valence-corrected chi connectivity index (χ0v) is 11.4. The zero-order valence-electron chi connectivity index (χ0n) is 11.4. The Hall–Kier alpha value is -2.48. The molecular weight excluding hydrogens is 248 g/mol. The van der Waals surface area contributed by atoms with Gasteiger partial charge in [-0.2, -0.15) is 0 Å². The van der Waals surface area contributed by atoms with E-state index < -0.39 is 0 Å². The van der Waals surface area contributed by atoms with Crippen LogP contribution in [0.5, 0.6) is 11.5 Å². The maximum absolute atomic E-state index is 5.63. The molecule has 0 radical (unpaired) electrons. The van der Waals surface area contributed by atoms with E-state index in [-0.39, 0.29) is 0 Å². The molecule has 0 aliphatic heterocycles. The molecule has 98 valence electrons. The molecule has 1 aliphatic rings. The first-order chi connectivity index (χ1) is 9.85. The third-order valence-electron chi connectivity index (χ3n) is 3.99. The molecule has 0 spiro atoms. The van der Waals surface area contributed by atoms with Crippen molar-refractivity contribution in [3.8, 4) is 33.8 Å². The lowest BCUT2D eigenvalue weighted by Gasteiger charge is -2.13.